The smallest absolute Gasteiger partial charge is 0.290 e. The van der Waals surface area contributed by atoms with E-state index in [-0.39, 0.29) is 0 Å². The molecule has 2 amide bonds. The van der Waals surface area contributed by atoms with Crippen molar-refractivity contribution in [2.24, 2.45) is 0 Å². The fourth-order valence-corrected chi connectivity index (χ4v) is 4.38. The van der Waals surface area contributed by atoms with Crippen molar-refractivity contribution < 1.29 is 14.3 Å². The lowest BCUT2D eigenvalue weighted by Gasteiger charge is -2.36. The van der Waals surface area contributed by atoms with Crippen LogP contribution in [0.25, 0.3) is 6.08 Å². The Morgan fingerprint density at radius 1 is 1.00 bits per heavy atom. The lowest BCUT2D eigenvalue weighted by atomic mass is 10.2. The lowest BCUT2D eigenvalue weighted by Crippen LogP contribution is -2.47. The van der Waals surface area contributed by atoms with Crippen molar-refractivity contribution in [2.75, 3.05) is 36.0 Å². The van der Waals surface area contributed by atoms with Gasteiger partial charge in [0.25, 0.3) is 11.1 Å². The third kappa shape index (κ3) is 5.18. The predicted octanol–water partition coefficient (Wildman–Crippen LogP) is 3.10. The Kier molecular flexibility index (Phi) is 6.39. The molecule has 2 aliphatic rings. The molecule has 0 atom stereocenters. The van der Waals surface area contributed by atoms with Crippen LogP contribution in [-0.4, -0.2) is 52.3 Å². The molecule has 2 fully saturated rings. The average Bonchev–Trinajstić information content (AvgIpc) is 3.20. The SMILES string of the molecule is O=C1NC(=O)/C(=C\c2cc(OCc3ccccc3)nc(N3CCN(c4cccnc4)CC3)n2)S1. The van der Waals surface area contributed by atoms with E-state index < -0.39 is 11.1 Å². The fraction of sp³-hybridized carbons (Fsp3) is 0.208. The number of imide groups is 1. The molecule has 172 valence electrons. The Balaban J connectivity index is 1.37. The summed E-state index contributed by atoms with van der Waals surface area (Å²) in [7, 11) is 0. The zero-order valence-electron chi connectivity index (χ0n) is 18.3. The van der Waals surface area contributed by atoms with E-state index in [0.29, 0.717) is 29.0 Å². The van der Waals surface area contributed by atoms with E-state index in [0.717, 1.165) is 49.2 Å². The van der Waals surface area contributed by atoms with E-state index in [4.69, 9.17) is 4.74 Å². The molecular weight excluding hydrogens is 452 g/mol. The zero-order chi connectivity index (χ0) is 23.3. The zero-order valence-corrected chi connectivity index (χ0v) is 19.1. The van der Waals surface area contributed by atoms with Crippen LogP contribution < -0.4 is 19.9 Å². The first kappa shape index (κ1) is 21.9. The highest BCUT2D eigenvalue weighted by atomic mass is 32.2. The summed E-state index contributed by atoms with van der Waals surface area (Å²) in [6.45, 7) is 3.40. The molecule has 34 heavy (non-hydrogen) atoms. The number of hydrogen-bond acceptors (Lipinski definition) is 9. The molecule has 0 radical (unpaired) electrons. The molecule has 2 aliphatic heterocycles. The van der Waals surface area contributed by atoms with E-state index in [1.165, 1.54) is 0 Å². The first-order valence-corrected chi connectivity index (χ1v) is 11.7. The summed E-state index contributed by atoms with van der Waals surface area (Å²) < 4.78 is 5.97. The van der Waals surface area contributed by atoms with E-state index in [2.05, 4.69) is 30.1 Å². The first-order chi connectivity index (χ1) is 16.6. The number of amides is 2. The topological polar surface area (TPSA) is 101 Å². The molecule has 0 saturated carbocycles. The minimum atomic E-state index is -0.424. The highest BCUT2D eigenvalue weighted by Crippen LogP contribution is 2.27. The van der Waals surface area contributed by atoms with Crippen LogP contribution in [0, 0.1) is 0 Å². The Labute approximate surface area is 200 Å². The second-order valence-corrected chi connectivity index (χ2v) is 8.76. The summed E-state index contributed by atoms with van der Waals surface area (Å²) in [6, 6.07) is 15.5. The van der Waals surface area contributed by atoms with Gasteiger partial charge in [0.2, 0.25) is 11.8 Å². The summed E-state index contributed by atoms with van der Waals surface area (Å²) in [4.78, 5) is 41.7. The lowest BCUT2D eigenvalue weighted by molar-refractivity contribution is -0.115. The van der Waals surface area contributed by atoms with Crippen LogP contribution in [0.15, 0.2) is 65.8 Å². The van der Waals surface area contributed by atoms with Gasteiger partial charge < -0.3 is 14.5 Å². The van der Waals surface area contributed by atoms with E-state index in [1.54, 1.807) is 18.3 Å². The highest BCUT2D eigenvalue weighted by molar-refractivity contribution is 8.18. The standard InChI is InChI=1S/C24H22N6O3S/c31-22-20(34-24(32)28-22)13-18-14-21(33-16-17-5-2-1-3-6-17)27-23(26-18)30-11-9-29(10-12-30)19-7-4-8-25-15-19/h1-8,13-15H,9-12,16H2,(H,28,31,32)/b20-13+. The van der Waals surface area contributed by atoms with Gasteiger partial charge >= 0.3 is 0 Å². The maximum Gasteiger partial charge on any atom is 0.290 e. The number of piperazine rings is 1. The molecular formula is C24H22N6O3S. The molecule has 2 saturated heterocycles. The van der Waals surface area contributed by atoms with Crippen molar-refractivity contribution >= 4 is 40.6 Å². The molecule has 0 bridgehead atoms. The van der Waals surface area contributed by atoms with Crippen LogP contribution >= 0.6 is 11.8 Å². The average molecular weight is 475 g/mol. The molecule has 0 aliphatic carbocycles. The maximum absolute atomic E-state index is 12.0. The Morgan fingerprint density at radius 2 is 1.79 bits per heavy atom. The molecule has 9 nitrogen and oxygen atoms in total. The number of anilines is 2. The first-order valence-electron chi connectivity index (χ1n) is 10.8. The van der Waals surface area contributed by atoms with E-state index in [9.17, 15) is 9.59 Å². The minimum Gasteiger partial charge on any atom is -0.473 e. The molecule has 3 aromatic rings. The normalized spacial score (nSPS) is 17.2. The predicted molar refractivity (Wildman–Crippen MR) is 131 cm³/mol. The minimum absolute atomic E-state index is 0.296. The van der Waals surface area contributed by atoms with Crippen LogP contribution in [0.5, 0.6) is 5.88 Å². The van der Waals surface area contributed by atoms with Crippen LogP contribution in [0.4, 0.5) is 16.4 Å². The van der Waals surface area contributed by atoms with Gasteiger partial charge in [-0.25, -0.2) is 4.98 Å². The second kappa shape index (κ2) is 9.92. The molecule has 1 N–H and O–H groups in total. The monoisotopic (exact) mass is 474 g/mol. The number of nitrogens with one attached hydrogen (secondary N) is 1. The Hall–Kier alpha value is -3.92. The van der Waals surface area contributed by atoms with Crippen molar-refractivity contribution in [3.63, 3.8) is 0 Å². The number of rotatable bonds is 6. The number of thioether (sulfide) groups is 1. The number of benzene rings is 1. The van der Waals surface area contributed by atoms with E-state index in [1.807, 2.05) is 48.7 Å². The van der Waals surface area contributed by atoms with E-state index >= 15 is 0 Å². The van der Waals surface area contributed by atoms with Gasteiger partial charge in [-0.2, -0.15) is 4.98 Å². The van der Waals surface area contributed by atoms with Crippen molar-refractivity contribution in [1.82, 2.24) is 20.3 Å². The fourth-order valence-electron chi connectivity index (χ4n) is 3.71. The number of nitrogens with zero attached hydrogens (tertiary/aromatic N) is 5. The van der Waals surface area contributed by atoms with Crippen molar-refractivity contribution in [3.05, 3.63) is 77.1 Å². The molecule has 1 aromatic carbocycles. The van der Waals surface area contributed by atoms with Gasteiger partial charge in [0.05, 0.1) is 22.5 Å². The maximum atomic E-state index is 12.0. The molecule has 0 unspecified atom stereocenters. The quantitative estimate of drug-likeness (QED) is 0.540. The number of aromatic nitrogens is 3. The third-order valence-corrected chi connectivity index (χ3v) is 6.25. The van der Waals surface area contributed by atoms with Crippen molar-refractivity contribution in [2.45, 2.75) is 6.61 Å². The number of hydrogen-bond donors (Lipinski definition) is 1. The summed E-state index contributed by atoms with van der Waals surface area (Å²) in [6.07, 6.45) is 5.22. The number of carbonyl (C=O) groups is 2. The van der Waals surface area contributed by atoms with Gasteiger partial charge in [-0.1, -0.05) is 30.3 Å². The Bertz CT molecular complexity index is 1210. The molecule has 4 heterocycles. The second-order valence-electron chi connectivity index (χ2n) is 7.74. The van der Waals surface area contributed by atoms with Gasteiger partial charge in [-0.3, -0.25) is 19.9 Å². The van der Waals surface area contributed by atoms with Gasteiger partial charge in [0.1, 0.15) is 6.61 Å². The number of carbonyl (C=O) groups excluding carboxylic acids is 2. The molecule has 5 rings (SSSR count). The number of pyridine rings is 1. The van der Waals surface area contributed by atoms with Crippen molar-refractivity contribution in [1.29, 1.82) is 0 Å². The number of ether oxygens (including phenoxy) is 1. The summed E-state index contributed by atoms with van der Waals surface area (Å²) >= 11 is 0.858. The summed E-state index contributed by atoms with van der Waals surface area (Å²) in [5, 5.41) is 1.88. The molecule has 2 aromatic heterocycles. The highest BCUT2D eigenvalue weighted by Gasteiger charge is 2.26. The molecule has 0 spiro atoms. The van der Waals surface area contributed by atoms with Crippen LogP contribution in [0.2, 0.25) is 0 Å². The van der Waals surface area contributed by atoms with Crippen LogP contribution in [0.1, 0.15) is 11.3 Å². The Morgan fingerprint density at radius 3 is 2.50 bits per heavy atom. The van der Waals surface area contributed by atoms with Gasteiger partial charge in [0, 0.05) is 38.4 Å². The summed E-state index contributed by atoms with van der Waals surface area (Å²) in [5.41, 5.74) is 2.61. The largest absolute Gasteiger partial charge is 0.473 e. The summed E-state index contributed by atoms with van der Waals surface area (Å²) in [5.74, 6) is 0.509. The molecule has 10 heteroatoms. The van der Waals surface area contributed by atoms with Crippen molar-refractivity contribution in [3.8, 4) is 5.88 Å². The van der Waals surface area contributed by atoms with Crippen LogP contribution in [0.3, 0.4) is 0 Å². The third-order valence-electron chi connectivity index (χ3n) is 5.43. The van der Waals surface area contributed by atoms with Gasteiger partial charge in [-0.05, 0) is 35.5 Å². The van der Waals surface area contributed by atoms with Gasteiger partial charge in [-0.15, -0.1) is 0 Å². The van der Waals surface area contributed by atoms with Gasteiger partial charge in [0.15, 0.2) is 0 Å². The van der Waals surface area contributed by atoms with Crippen LogP contribution in [-0.2, 0) is 11.4 Å².